The molecule has 2 aliphatic rings. The van der Waals surface area contributed by atoms with Crippen LogP contribution in [0.5, 0.6) is 11.5 Å². The van der Waals surface area contributed by atoms with Crippen LogP contribution in [0.1, 0.15) is 17.5 Å². The molecule has 1 N–H and O–H groups in total. The standard InChI is InChI=1S/C19H18N2O6/c22-19(23-13-15-4-2-1-3-5-15)9-7-14-6-8-16-17(12-14)27-21(26-16)18-10-11-24-20-25-18/h1-9,12,18,20H,10-11,13H2. The highest BCUT2D eigenvalue weighted by molar-refractivity contribution is 5.87. The van der Waals surface area contributed by atoms with Gasteiger partial charge in [0.15, 0.2) is 11.5 Å². The summed E-state index contributed by atoms with van der Waals surface area (Å²) in [5.74, 6) is 0.679. The predicted molar refractivity (Wildman–Crippen MR) is 93.4 cm³/mol. The van der Waals surface area contributed by atoms with Crippen LogP contribution in [0.25, 0.3) is 6.08 Å². The molecule has 2 heterocycles. The number of nitrogens with zero attached hydrogens (tertiary/aromatic N) is 1. The Morgan fingerprint density at radius 3 is 2.85 bits per heavy atom. The second kappa shape index (κ2) is 8.19. The van der Waals surface area contributed by atoms with Gasteiger partial charge in [-0.15, -0.1) is 0 Å². The first-order valence-corrected chi connectivity index (χ1v) is 8.48. The smallest absolute Gasteiger partial charge is 0.331 e. The van der Waals surface area contributed by atoms with Crippen molar-refractivity contribution in [2.24, 2.45) is 0 Å². The number of hydrogen-bond acceptors (Lipinski definition) is 8. The van der Waals surface area contributed by atoms with E-state index in [0.29, 0.717) is 24.5 Å². The monoisotopic (exact) mass is 370 g/mol. The van der Waals surface area contributed by atoms with Gasteiger partial charge in [-0.3, -0.25) is 9.68 Å². The topological polar surface area (TPSA) is 78.5 Å². The predicted octanol–water partition coefficient (Wildman–Crippen LogP) is 2.53. The van der Waals surface area contributed by atoms with E-state index in [9.17, 15) is 4.79 Å². The van der Waals surface area contributed by atoms with Gasteiger partial charge in [0.2, 0.25) is 6.23 Å². The second-order valence-electron chi connectivity index (χ2n) is 5.89. The molecule has 0 bridgehead atoms. The van der Waals surface area contributed by atoms with Gasteiger partial charge in [0.05, 0.1) is 11.8 Å². The minimum Gasteiger partial charge on any atom is -0.458 e. The van der Waals surface area contributed by atoms with Crippen molar-refractivity contribution in [3.8, 4) is 11.5 Å². The second-order valence-corrected chi connectivity index (χ2v) is 5.89. The first-order chi connectivity index (χ1) is 13.3. The van der Waals surface area contributed by atoms with E-state index in [4.69, 9.17) is 24.1 Å². The van der Waals surface area contributed by atoms with Gasteiger partial charge in [-0.05, 0) is 29.3 Å². The summed E-state index contributed by atoms with van der Waals surface area (Å²) in [6.07, 6.45) is 3.19. The van der Waals surface area contributed by atoms with Gasteiger partial charge < -0.3 is 14.4 Å². The number of fused-ring (bicyclic) bond motifs is 1. The van der Waals surface area contributed by atoms with Crippen LogP contribution in [0.3, 0.4) is 0 Å². The Morgan fingerprint density at radius 2 is 2.04 bits per heavy atom. The molecule has 1 saturated heterocycles. The Labute approximate surface area is 155 Å². The van der Waals surface area contributed by atoms with Gasteiger partial charge in [-0.1, -0.05) is 42.0 Å². The molecule has 27 heavy (non-hydrogen) atoms. The summed E-state index contributed by atoms with van der Waals surface area (Å²) in [6, 6.07) is 14.9. The Bertz CT molecular complexity index is 820. The van der Waals surface area contributed by atoms with Gasteiger partial charge >= 0.3 is 5.97 Å². The van der Waals surface area contributed by atoms with E-state index in [-0.39, 0.29) is 6.61 Å². The van der Waals surface area contributed by atoms with E-state index >= 15 is 0 Å². The van der Waals surface area contributed by atoms with Crippen LogP contribution in [0, 0.1) is 0 Å². The van der Waals surface area contributed by atoms with E-state index in [1.807, 2.05) is 36.4 Å². The number of hydroxylamine groups is 2. The first kappa shape index (κ1) is 17.5. The number of hydrogen-bond donors (Lipinski definition) is 1. The summed E-state index contributed by atoms with van der Waals surface area (Å²) in [5.41, 5.74) is 4.06. The normalized spacial score (nSPS) is 19.3. The number of rotatable bonds is 5. The largest absolute Gasteiger partial charge is 0.458 e. The summed E-state index contributed by atoms with van der Waals surface area (Å²) >= 11 is 0. The van der Waals surface area contributed by atoms with Crippen molar-refractivity contribution in [3.05, 3.63) is 65.7 Å². The van der Waals surface area contributed by atoms with Gasteiger partial charge in [0, 0.05) is 12.5 Å². The molecular weight excluding hydrogens is 352 g/mol. The first-order valence-electron chi connectivity index (χ1n) is 8.48. The van der Waals surface area contributed by atoms with Gasteiger partial charge in [-0.25, -0.2) is 4.79 Å². The van der Waals surface area contributed by atoms with Gasteiger partial charge in [-0.2, -0.15) is 0 Å². The zero-order valence-electron chi connectivity index (χ0n) is 14.4. The van der Waals surface area contributed by atoms with Crippen molar-refractivity contribution < 1.29 is 28.9 Å². The average molecular weight is 370 g/mol. The zero-order valence-corrected chi connectivity index (χ0v) is 14.4. The summed E-state index contributed by atoms with van der Waals surface area (Å²) in [4.78, 5) is 33.2. The van der Waals surface area contributed by atoms with E-state index in [1.54, 1.807) is 18.2 Å². The van der Waals surface area contributed by atoms with Gasteiger partial charge in [0.25, 0.3) is 0 Å². The Balaban J connectivity index is 1.33. The van der Waals surface area contributed by atoms with Crippen LogP contribution in [0.4, 0.5) is 0 Å². The van der Waals surface area contributed by atoms with Crippen LogP contribution in [-0.2, 0) is 25.8 Å². The molecule has 0 aliphatic carbocycles. The molecule has 0 radical (unpaired) electrons. The lowest BCUT2D eigenvalue weighted by Gasteiger charge is -2.26. The fourth-order valence-corrected chi connectivity index (χ4v) is 2.54. The Morgan fingerprint density at radius 1 is 1.19 bits per heavy atom. The molecule has 8 heteroatoms. The molecule has 140 valence electrons. The SMILES string of the molecule is O=C(C=Cc1ccc2c(c1)ON(C1CCONO1)O2)OCc1ccccc1. The summed E-state index contributed by atoms with van der Waals surface area (Å²) in [7, 11) is 0. The van der Waals surface area contributed by atoms with Crippen molar-refractivity contribution >= 4 is 12.0 Å². The van der Waals surface area contributed by atoms with Crippen molar-refractivity contribution in [1.29, 1.82) is 0 Å². The lowest BCUT2D eigenvalue weighted by molar-refractivity contribution is -0.376. The highest BCUT2D eigenvalue weighted by Gasteiger charge is 2.33. The molecule has 8 nitrogen and oxygen atoms in total. The number of benzene rings is 2. The molecule has 0 aromatic heterocycles. The van der Waals surface area contributed by atoms with Gasteiger partial charge in [0.1, 0.15) is 6.61 Å². The lowest BCUT2D eigenvalue weighted by Crippen LogP contribution is -2.46. The van der Waals surface area contributed by atoms with Crippen molar-refractivity contribution in [2.75, 3.05) is 6.61 Å². The quantitative estimate of drug-likeness (QED) is 0.635. The van der Waals surface area contributed by atoms with E-state index in [2.05, 4.69) is 5.64 Å². The van der Waals surface area contributed by atoms with E-state index in [1.165, 1.54) is 11.3 Å². The molecule has 4 rings (SSSR count). The molecule has 0 saturated carbocycles. The molecule has 2 aliphatic heterocycles. The Kier molecular flexibility index (Phi) is 5.31. The molecule has 2 aromatic carbocycles. The number of esters is 1. The maximum Gasteiger partial charge on any atom is 0.331 e. The number of carbonyl (C=O) groups excluding carboxylic acids is 1. The third kappa shape index (κ3) is 4.44. The van der Waals surface area contributed by atoms with E-state index < -0.39 is 12.2 Å². The average Bonchev–Trinajstić information content (AvgIpc) is 3.15. The van der Waals surface area contributed by atoms with E-state index in [0.717, 1.165) is 11.1 Å². The number of nitrogens with one attached hydrogen (secondary N) is 1. The van der Waals surface area contributed by atoms with Crippen LogP contribution in [0.2, 0.25) is 0 Å². The maximum atomic E-state index is 11.9. The molecule has 0 amide bonds. The minimum atomic E-state index is -0.432. The molecule has 2 aromatic rings. The fraction of sp³-hybridized carbons (Fsp3) is 0.211. The van der Waals surface area contributed by atoms with Crippen molar-refractivity contribution in [3.63, 3.8) is 0 Å². The van der Waals surface area contributed by atoms with Crippen LogP contribution >= 0.6 is 0 Å². The lowest BCUT2D eigenvalue weighted by atomic mass is 10.2. The fourth-order valence-electron chi connectivity index (χ4n) is 2.54. The minimum absolute atomic E-state index is 0.235. The zero-order chi connectivity index (χ0) is 18.5. The maximum absolute atomic E-state index is 11.9. The van der Waals surface area contributed by atoms with Crippen molar-refractivity contribution in [2.45, 2.75) is 19.3 Å². The molecule has 1 unspecified atom stereocenters. The third-order valence-electron chi connectivity index (χ3n) is 3.93. The molecule has 1 fully saturated rings. The Hall–Kier alpha value is -2.91. The van der Waals surface area contributed by atoms with Crippen molar-refractivity contribution in [1.82, 2.24) is 10.9 Å². The molecular formula is C19H18N2O6. The van der Waals surface area contributed by atoms with Crippen LogP contribution in [0.15, 0.2) is 54.6 Å². The van der Waals surface area contributed by atoms with Crippen LogP contribution in [-0.4, -0.2) is 24.0 Å². The molecule has 1 atom stereocenters. The molecule has 0 spiro atoms. The number of carbonyl (C=O) groups is 1. The van der Waals surface area contributed by atoms with Crippen LogP contribution < -0.4 is 15.3 Å². The number of ether oxygens (including phenoxy) is 1. The highest BCUT2D eigenvalue weighted by Crippen LogP contribution is 2.36. The summed E-state index contributed by atoms with van der Waals surface area (Å²) in [6.45, 7) is 0.711. The summed E-state index contributed by atoms with van der Waals surface area (Å²) in [5, 5.41) is 1.27. The third-order valence-corrected chi connectivity index (χ3v) is 3.93. The summed E-state index contributed by atoms with van der Waals surface area (Å²) < 4.78 is 5.21. The highest BCUT2D eigenvalue weighted by atomic mass is 17.0.